The fraction of sp³-hybridized carbons (Fsp3) is 0.944. The van der Waals surface area contributed by atoms with Crippen molar-refractivity contribution >= 4 is 0 Å². The molecule has 0 bridgehead atoms. The SMILES string of the molecule is CCCCCCCCCCOCOC(OCCCCCCCCC)=C(CCCCC)OCCCCCCCCC. The average Bonchev–Trinajstić information content (AvgIpc) is 2.96. The van der Waals surface area contributed by atoms with E-state index in [0.29, 0.717) is 12.6 Å². The van der Waals surface area contributed by atoms with Crippen LogP contribution in [0, 0.1) is 0 Å². The minimum Gasteiger partial charge on any atom is -0.491 e. The molecule has 0 saturated heterocycles. The van der Waals surface area contributed by atoms with E-state index in [4.69, 9.17) is 18.9 Å². The summed E-state index contributed by atoms with van der Waals surface area (Å²) < 4.78 is 24.5. The molecule has 0 aliphatic carbocycles. The Kier molecular flexibility index (Phi) is 33.5. The molecule has 40 heavy (non-hydrogen) atoms. The molecule has 0 aromatic carbocycles. The van der Waals surface area contributed by atoms with Crippen LogP contribution in [0.3, 0.4) is 0 Å². The predicted molar refractivity (Wildman–Crippen MR) is 174 cm³/mol. The average molecular weight is 569 g/mol. The number of rotatable bonds is 34. The summed E-state index contributed by atoms with van der Waals surface area (Å²) in [6.45, 7) is 11.5. The Labute approximate surface area is 251 Å². The maximum absolute atomic E-state index is 6.33. The standard InChI is InChI=1S/C36H72O4/c1-5-9-13-16-19-22-23-27-31-37-34-40-36(39-33-29-25-21-18-15-11-7-3)35(30-26-12-8-4)38-32-28-24-20-17-14-10-6-2/h5-34H2,1-4H3. The minimum absolute atomic E-state index is 0.251. The van der Waals surface area contributed by atoms with E-state index in [0.717, 1.165) is 51.1 Å². The van der Waals surface area contributed by atoms with Crippen molar-refractivity contribution in [2.24, 2.45) is 0 Å². The maximum atomic E-state index is 6.33. The third-order valence-corrected chi connectivity index (χ3v) is 7.66. The zero-order valence-corrected chi connectivity index (χ0v) is 27.8. The molecule has 0 N–H and O–H groups in total. The van der Waals surface area contributed by atoms with Gasteiger partial charge in [-0.1, -0.05) is 163 Å². The molecule has 4 nitrogen and oxygen atoms in total. The molecule has 0 rings (SSSR count). The molecule has 0 aliphatic rings. The third-order valence-electron chi connectivity index (χ3n) is 7.66. The fourth-order valence-corrected chi connectivity index (χ4v) is 4.94. The van der Waals surface area contributed by atoms with Crippen molar-refractivity contribution in [3.05, 3.63) is 11.7 Å². The first-order valence-corrected chi connectivity index (χ1v) is 18.0. The first-order valence-electron chi connectivity index (χ1n) is 18.0. The predicted octanol–water partition coefficient (Wildman–Crippen LogP) is 12.4. The monoisotopic (exact) mass is 569 g/mol. The van der Waals surface area contributed by atoms with E-state index in [9.17, 15) is 0 Å². The Bertz CT molecular complexity index is 505. The maximum Gasteiger partial charge on any atom is 0.321 e. The molecule has 240 valence electrons. The minimum atomic E-state index is 0.251. The van der Waals surface area contributed by atoms with Crippen molar-refractivity contribution in [1.82, 2.24) is 0 Å². The molecular formula is C36H72O4. The number of unbranched alkanes of at least 4 members (excludes halogenated alkanes) is 21. The number of allylic oxidation sites excluding steroid dienone is 1. The second-order valence-corrected chi connectivity index (χ2v) is 11.8. The van der Waals surface area contributed by atoms with Crippen LogP contribution in [0.1, 0.15) is 195 Å². The Balaban J connectivity index is 4.64. The Morgan fingerprint density at radius 3 is 1.20 bits per heavy atom. The highest BCUT2D eigenvalue weighted by molar-refractivity contribution is 4.95. The van der Waals surface area contributed by atoms with Crippen LogP contribution in [0.2, 0.25) is 0 Å². The fourth-order valence-electron chi connectivity index (χ4n) is 4.94. The van der Waals surface area contributed by atoms with Gasteiger partial charge >= 0.3 is 5.95 Å². The zero-order chi connectivity index (χ0) is 29.2. The highest BCUT2D eigenvalue weighted by atomic mass is 16.7. The van der Waals surface area contributed by atoms with Crippen molar-refractivity contribution < 1.29 is 18.9 Å². The molecule has 0 aliphatic heterocycles. The quantitative estimate of drug-likeness (QED) is 0.0439. The van der Waals surface area contributed by atoms with Crippen LogP contribution in [0.5, 0.6) is 0 Å². The van der Waals surface area contributed by atoms with Crippen LogP contribution in [0.15, 0.2) is 11.7 Å². The number of hydrogen-bond acceptors (Lipinski definition) is 4. The summed E-state index contributed by atoms with van der Waals surface area (Å²) in [5.41, 5.74) is 0. The Morgan fingerprint density at radius 2 is 0.725 bits per heavy atom. The lowest BCUT2D eigenvalue weighted by atomic mass is 10.1. The van der Waals surface area contributed by atoms with E-state index in [1.165, 1.54) is 135 Å². The van der Waals surface area contributed by atoms with Crippen LogP contribution < -0.4 is 0 Å². The van der Waals surface area contributed by atoms with Crippen molar-refractivity contribution in [3.63, 3.8) is 0 Å². The van der Waals surface area contributed by atoms with Crippen LogP contribution in [0.25, 0.3) is 0 Å². The summed E-state index contributed by atoms with van der Waals surface area (Å²) in [6, 6.07) is 0. The first kappa shape index (κ1) is 39.1. The van der Waals surface area contributed by atoms with E-state index >= 15 is 0 Å². The van der Waals surface area contributed by atoms with Gasteiger partial charge in [0.2, 0.25) is 0 Å². The summed E-state index contributed by atoms with van der Waals surface area (Å²) >= 11 is 0. The summed E-state index contributed by atoms with van der Waals surface area (Å²) in [5, 5.41) is 0. The lowest BCUT2D eigenvalue weighted by Gasteiger charge is -2.18. The molecular weight excluding hydrogens is 496 g/mol. The molecule has 0 unspecified atom stereocenters. The Hall–Kier alpha value is -0.900. The van der Waals surface area contributed by atoms with Gasteiger partial charge in [0, 0.05) is 6.42 Å². The van der Waals surface area contributed by atoms with Crippen molar-refractivity contribution in [2.75, 3.05) is 26.6 Å². The van der Waals surface area contributed by atoms with Crippen molar-refractivity contribution in [1.29, 1.82) is 0 Å². The van der Waals surface area contributed by atoms with Crippen LogP contribution in [0.4, 0.5) is 0 Å². The van der Waals surface area contributed by atoms with E-state index < -0.39 is 0 Å². The van der Waals surface area contributed by atoms with E-state index in [1.807, 2.05) is 0 Å². The van der Waals surface area contributed by atoms with Crippen LogP contribution in [-0.2, 0) is 18.9 Å². The van der Waals surface area contributed by atoms with Crippen LogP contribution in [-0.4, -0.2) is 26.6 Å². The van der Waals surface area contributed by atoms with Crippen molar-refractivity contribution in [2.45, 2.75) is 195 Å². The van der Waals surface area contributed by atoms with Gasteiger partial charge < -0.3 is 18.9 Å². The van der Waals surface area contributed by atoms with Crippen LogP contribution >= 0.6 is 0 Å². The van der Waals surface area contributed by atoms with Gasteiger partial charge in [0.1, 0.15) is 0 Å². The van der Waals surface area contributed by atoms with Gasteiger partial charge in [0.25, 0.3) is 0 Å². The summed E-state index contributed by atoms with van der Waals surface area (Å²) in [5.74, 6) is 1.49. The Morgan fingerprint density at radius 1 is 0.350 bits per heavy atom. The second-order valence-electron chi connectivity index (χ2n) is 11.8. The third kappa shape index (κ3) is 28.6. The van der Waals surface area contributed by atoms with Gasteiger partial charge in [-0.3, -0.25) is 0 Å². The zero-order valence-electron chi connectivity index (χ0n) is 27.8. The van der Waals surface area contributed by atoms with E-state index in [1.54, 1.807) is 0 Å². The van der Waals surface area contributed by atoms with Gasteiger partial charge in [0.05, 0.1) is 19.8 Å². The van der Waals surface area contributed by atoms with E-state index in [-0.39, 0.29) is 6.79 Å². The van der Waals surface area contributed by atoms with Gasteiger partial charge in [-0.05, 0) is 25.7 Å². The molecule has 0 aromatic rings. The molecule has 0 radical (unpaired) electrons. The molecule has 0 spiro atoms. The molecule has 0 heterocycles. The molecule has 0 saturated carbocycles. The highest BCUT2D eigenvalue weighted by Gasteiger charge is 2.13. The smallest absolute Gasteiger partial charge is 0.321 e. The lowest BCUT2D eigenvalue weighted by molar-refractivity contribution is -0.0846. The van der Waals surface area contributed by atoms with Gasteiger partial charge in [-0.15, -0.1) is 0 Å². The normalized spacial score (nSPS) is 12.0. The van der Waals surface area contributed by atoms with Gasteiger partial charge in [-0.2, -0.15) is 0 Å². The molecule has 0 amide bonds. The second kappa shape index (κ2) is 34.3. The number of hydrogen-bond donors (Lipinski definition) is 0. The first-order chi connectivity index (χ1) is 19.8. The summed E-state index contributed by atoms with van der Waals surface area (Å²) in [7, 11) is 0. The van der Waals surface area contributed by atoms with E-state index in [2.05, 4.69) is 27.7 Å². The highest BCUT2D eigenvalue weighted by Crippen LogP contribution is 2.20. The van der Waals surface area contributed by atoms with Gasteiger partial charge in [-0.25, -0.2) is 0 Å². The summed E-state index contributed by atoms with van der Waals surface area (Å²) in [6.07, 6.45) is 32.8. The summed E-state index contributed by atoms with van der Waals surface area (Å²) in [4.78, 5) is 0. The van der Waals surface area contributed by atoms with Crippen molar-refractivity contribution in [3.8, 4) is 0 Å². The molecule has 0 fully saturated rings. The molecule has 4 heteroatoms. The largest absolute Gasteiger partial charge is 0.491 e. The molecule has 0 aromatic heterocycles. The lowest BCUT2D eigenvalue weighted by Crippen LogP contribution is -2.10. The topological polar surface area (TPSA) is 36.9 Å². The number of ether oxygens (including phenoxy) is 4. The molecule has 0 atom stereocenters. The van der Waals surface area contributed by atoms with Gasteiger partial charge in [0.15, 0.2) is 12.6 Å².